The summed E-state index contributed by atoms with van der Waals surface area (Å²) in [5, 5.41) is 9.28. The fraction of sp³-hybridized carbons (Fsp3) is 0.231. The normalized spacial score (nSPS) is 10.9. The van der Waals surface area contributed by atoms with Gasteiger partial charge in [0.2, 0.25) is 5.88 Å². The number of halogens is 1. The molecule has 0 saturated carbocycles. The second-order valence-electron chi connectivity index (χ2n) is 4.08. The van der Waals surface area contributed by atoms with Crippen LogP contribution in [-0.2, 0) is 6.42 Å². The van der Waals surface area contributed by atoms with E-state index in [1.54, 1.807) is 30.6 Å². The molecule has 3 rings (SSSR count). The molecule has 0 aliphatic carbocycles. The molecule has 0 radical (unpaired) electrons. The molecule has 0 unspecified atom stereocenters. The van der Waals surface area contributed by atoms with Crippen LogP contribution in [0.3, 0.4) is 0 Å². The molecule has 0 spiro atoms. The molecule has 5 nitrogen and oxygen atoms in total. The van der Waals surface area contributed by atoms with Crippen LogP contribution in [0.2, 0.25) is 5.15 Å². The predicted molar refractivity (Wildman–Crippen MR) is 79.4 cm³/mol. The first-order valence-electron chi connectivity index (χ1n) is 6.05. The lowest BCUT2D eigenvalue weighted by Crippen LogP contribution is -1.96. The molecule has 7 heteroatoms. The van der Waals surface area contributed by atoms with Crippen molar-refractivity contribution in [3.05, 3.63) is 28.2 Å². The minimum atomic E-state index is 0.443. The number of aromatic nitrogens is 4. The van der Waals surface area contributed by atoms with Crippen LogP contribution in [0.5, 0.6) is 5.88 Å². The van der Waals surface area contributed by atoms with Crippen molar-refractivity contribution in [2.24, 2.45) is 0 Å². The van der Waals surface area contributed by atoms with E-state index in [1.165, 1.54) is 4.88 Å². The summed E-state index contributed by atoms with van der Waals surface area (Å²) in [5.41, 5.74) is 0.570. The first-order valence-corrected chi connectivity index (χ1v) is 7.24. The standard InChI is InChI=1S/C13H11ClN4OS/c1-3-7-6-8-11(14)15-12(16-13(8)20-7)9-4-5-10(19-2)18-17-9/h4-6H,3H2,1-2H3. The van der Waals surface area contributed by atoms with E-state index in [9.17, 15) is 0 Å². The minimum Gasteiger partial charge on any atom is -0.480 e. The van der Waals surface area contributed by atoms with E-state index < -0.39 is 0 Å². The zero-order valence-corrected chi connectivity index (χ0v) is 12.5. The van der Waals surface area contributed by atoms with E-state index in [0.717, 1.165) is 16.6 Å². The number of rotatable bonds is 3. The van der Waals surface area contributed by atoms with Gasteiger partial charge >= 0.3 is 0 Å². The number of hydrogen-bond acceptors (Lipinski definition) is 6. The van der Waals surface area contributed by atoms with Crippen molar-refractivity contribution in [2.45, 2.75) is 13.3 Å². The Kier molecular flexibility index (Phi) is 3.50. The highest BCUT2D eigenvalue weighted by Gasteiger charge is 2.12. The maximum atomic E-state index is 6.22. The molecule has 3 aromatic heterocycles. The Labute approximate surface area is 124 Å². The quantitative estimate of drug-likeness (QED) is 0.694. The van der Waals surface area contributed by atoms with Crippen LogP contribution in [0.1, 0.15) is 11.8 Å². The summed E-state index contributed by atoms with van der Waals surface area (Å²) in [6.07, 6.45) is 0.953. The Morgan fingerprint density at radius 3 is 2.75 bits per heavy atom. The lowest BCUT2D eigenvalue weighted by molar-refractivity contribution is 0.392. The van der Waals surface area contributed by atoms with Gasteiger partial charge in [0.1, 0.15) is 15.7 Å². The Morgan fingerprint density at radius 1 is 1.25 bits per heavy atom. The Balaban J connectivity index is 2.10. The van der Waals surface area contributed by atoms with Gasteiger partial charge in [0, 0.05) is 16.3 Å². The van der Waals surface area contributed by atoms with Crippen LogP contribution in [0.4, 0.5) is 0 Å². The fourth-order valence-electron chi connectivity index (χ4n) is 1.77. The second kappa shape index (κ2) is 5.30. The van der Waals surface area contributed by atoms with Gasteiger partial charge in [-0.3, -0.25) is 0 Å². The first-order chi connectivity index (χ1) is 9.71. The third-order valence-corrected chi connectivity index (χ3v) is 4.29. The Bertz CT molecular complexity index is 757. The van der Waals surface area contributed by atoms with E-state index in [0.29, 0.717) is 22.6 Å². The molecule has 0 atom stereocenters. The summed E-state index contributed by atoms with van der Waals surface area (Å²) in [7, 11) is 1.54. The summed E-state index contributed by atoms with van der Waals surface area (Å²) in [6.45, 7) is 2.10. The summed E-state index contributed by atoms with van der Waals surface area (Å²) in [6, 6.07) is 5.51. The lowest BCUT2D eigenvalue weighted by Gasteiger charge is -2.01. The van der Waals surface area contributed by atoms with Crippen LogP contribution in [0.15, 0.2) is 18.2 Å². The molecule has 3 heterocycles. The number of hydrogen-bond donors (Lipinski definition) is 0. The zero-order valence-electron chi connectivity index (χ0n) is 10.9. The third-order valence-electron chi connectivity index (χ3n) is 2.82. The van der Waals surface area contributed by atoms with E-state index in [2.05, 4.69) is 27.1 Å². The van der Waals surface area contributed by atoms with Gasteiger partial charge < -0.3 is 4.74 Å². The van der Waals surface area contributed by atoms with Crippen molar-refractivity contribution < 1.29 is 4.74 Å². The van der Waals surface area contributed by atoms with Crippen LogP contribution >= 0.6 is 22.9 Å². The van der Waals surface area contributed by atoms with Crippen molar-refractivity contribution in [2.75, 3.05) is 7.11 Å². The maximum absolute atomic E-state index is 6.22. The van der Waals surface area contributed by atoms with Crippen molar-refractivity contribution in [3.63, 3.8) is 0 Å². The smallest absolute Gasteiger partial charge is 0.233 e. The van der Waals surface area contributed by atoms with Gasteiger partial charge in [-0.05, 0) is 18.6 Å². The van der Waals surface area contributed by atoms with Crippen molar-refractivity contribution >= 4 is 33.2 Å². The number of aryl methyl sites for hydroxylation is 1. The van der Waals surface area contributed by atoms with E-state index >= 15 is 0 Å². The first kappa shape index (κ1) is 13.2. The maximum Gasteiger partial charge on any atom is 0.233 e. The second-order valence-corrected chi connectivity index (χ2v) is 5.56. The van der Waals surface area contributed by atoms with E-state index in [-0.39, 0.29) is 0 Å². The number of methoxy groups -OCH3 is 1. The average Bonchev–Trinajstić information content (AvgIpc) is 2.91. The molecule has 0 aromatic carbocycles. The predicted octanol–water partition coefficient (Wildman–Crippen LogP) is 3.37. The summed E-state index contributed by atoms with van der Waals surface area (Å²) >= 11 is 7.84. The van der Waals surface area contributed by atoms with Crippen LogP contribution in [-0.4, -0.2) is 27.3 Å². The number of ether oxygens (including phenoxy) is 1. The molecule has 20 heavy (non-hydrogen) atoms. The monoisotopic (exact) mass is 306 g/mol. The topological polar surface area (TPSA) is 60.8 Å². The molecule has 0 aliphatic heterocycles. The Hall–Kier alpha value is -1.79. The SMILES string of the molecule is CCc1cc2c(Cl)nc(-c3ccc(OC)nn3)nc2s1. The van der Waals surface area contributed by atoms with Gasteiger partial charge in [-0.25, -0.2) is 9.97 Å². The molecule has 0 bridgehead atoms. The van der Waals surface area contributed by atoms with Gasteiger partial charge in [-0.1, -0.05) is 18.5 Å². The van der Waals surface area contributed by atoms with Gasteiger partial charge in [-0.2, -0.15) is 0 Å². The van der Waals surface area contributed by atoms with Crippen LogP contribution < -0.4 is 4.74 Å². The fourth-order valence-corrected chi connectivity index (χ4v) is 3.02. The highest BCUT2D eigenvalue weighted by atomic mass is 35.5. The molecule has 0 N–H and O–H groups in total. The van der Waals surface area contributed by atoms with Crippen LogP contribution in [0, 0.1) is 0 Å². The van der Waals surface area contributed by atoms with Gasteiger partial charge in [0.05, 0.1) is 7.11 Å². The van der Waals surface area contributed by atoms with Crippen molar-refractivity contribution in [3.8, 4) is 17.4 Å². The average molecular weight is 307 g/mol. The number of nitrogens with zero attached hydrogens (tertiary/aromatic N) is 4. The van der Waals surface area contributed by atoms with Gasteiger partial charge in [0.25, 0.3) is 0 Å². The highest BCUT2D eigenvalue weighted by molar-refractivity contribution is 7.18. The summed E-state index contributed by atoms with van der Waals surface area (Å²) < 4.78 is 4.98. The van der Waals surface area contributed by atoms with E-state index in [1.807, 2.05) is 6.07 Å². The van der Waals surface area contributed by atoms with Crippen molar-refractivity contribution in [1.82, 2.24) is 20.2 Å². The minimum absolute atomic E-state index is 0.443. The third kappa shape index (κ3) is 2.32. The van der Waals surface area contributed by atoms with Gasteiger partial charge in [-0.15, -0.1) is 21.5 Å². The largest absolute Gasteiger partial charge is 0.480 e. The number of fused-ring (bicyclic) bond motifs is 1. The molecular weight excluding hydrogens is 296 g/mol. The van der Waals surface area contributed by atoms with Gasteiger partial charge in [0.15, 0.2) is 5.82 Å². The molecule has 0 amide bonds. The summed E-state index contributed by atoms with van der Waals surface area (Å²) in [5.74, 6) is 0.924. The lowest BCUT2D eigenvalue weighted by atomic mass is 10.3. The molecule has 102 valence electrons. The molecule has 3 aromatic rings. The summed E-state index contributed by atoms with van der Waals surface area (Å²) in [4.78, 5) is 10.9. The number of thiophene rings is 1. The molecule has 0 saturated heterocycles. The van der Waals surface area contributed by atoms with Crippen LogP contribution in [0.25, 0.3) is 21.7 Å². The zero-order chi connectivity index (χ0) is 14.1. The molecule has 0 aliphatic rings. The highest BCUT2D eigenvalue weighted by Crippen LogP contribution is 2.30. The van der Waals surface area contributed by atoms with E-state index in [4.69, 9.17) is 16.3 Å². The molecular formula is C13H11ClN4OS. The molecule has 0 fully saturated rings. The van der Waals surface area contributed by atoms with Crippen molar-refractivity contribution in [1.29, 1.82) is 0 Å². The Morgan fingerprint density at radius 2 is 2.10 bits per heavy atom.